The Morgan fingerprint density at radius 1 is 1.20 bits per heavy atom. The monoisotopic (exact) mass is 296 g/mol. The number of anilines is 1. The fourth-order valence-corrected chi connectivity index (χ4v) is 1.87. The number of halogens is 2. The van der Waals surface area contributed by atoms with Crippen molar-refractivity contribution in [3.8, 4) is 11.5 Å². The minimum Gasteiger partial charge on any atom is -0.493 e. The van der Waals surface area contributed by atoms with Crippen LogP contribution in [0.5, 0.6) is 11.5 Å². The van der Waals surface area contributed by atoms with Crippen molar-refractivity contribution in [3.63, 3.8) is 0 Å². The SMILES string of the molecule is COc1ccc(CNc2ncc(Cl)cc2F)cc1OC. The van der Waals surface area contributed by atoms with Crippen LogP contribution in [-0.4, -0.2) is 19.2 Å². The summed E-state index contributed by atoms with van der Waals surface area (Å²) in [5.41, 5.74) is 0.916. The Bertz CT molecular complexity index is 608. The van der Waals surface area contributed by atoms with Crippen molar-refractivity contribution in [1.82, 2.24) is 4.98 Å². The third-order valence-electron chi connectivity index (χ3n) is 2.72. The van der Waals surface area contributed by atoms with Crippen molar-refractivity contribution in [2.45, 2.75) is 6.54 Å². The number of rotatable bonds is 5. The maximum absolute atomic E-state index is 13.6. The van der Waals surface area contributed by atoms with E-state index < -0.39 is 5.82 Å². The first-order chi connectivity index (χ1) is 9.63. The van der Waals surface area contributed by atoms with Gasteiger partial charge >= 0.3 is 0 Å². The van der Waals surface area contributed by atoms with Gasteiger partial charge in [0.25, 0.3) is 0 Å². The molecule has 0 unspecified atom stereocenters. The highest BCUT2D eigenvalue weighted by Gasteiger charge is 2.07. The molecule has 1 N–H and O–H groups in total. The standard InChI is InChI=1S/C14H14ClFN2O2/c1-19-12-4-3-9(5-13(12)20-2)7-17-14-11(16)6-10(15)8-18-14/h3-6,8H,7H2,1-2H3,(H,17,18). The Labute approximate surface area is 121 Å². The van der Waals surface area contributed by atoms with Crippen LogP contribution in [0.25, 0.3) is 0 Å². The number of hydrogen-bond donors (Lipinski definition) is 1. The Kier molecular flexibility index (Phi) is 4.63. The smallest absolute Gasteiger partial charge is 0.166 e. The summed E-state index contributed by atoms with van der Waals surface area (Å²) >= 11 is 5.65. The lowest BCUT2D eigenvalue weighted by Crippen LogP contribution is -2.04. The number of ether oxygens (including phenoxy) is 2. The fourth-order valence-electron chi connectivity index (χ4n) is 1.72. The van der Waals surface area contributed by atoms with E-state index in [1.165, 1.54) is 12.3 Å². The Hall–Kier alpha value is -2.01. The summed E-state index contributed by atoms with van der Waals surface area (Å²) in [6.07, 6.45) is 1.39. The molecule has 0 aliphatic carbocycles. The second-order valence-electron chi connectivity index (χ2n) is 4.03. The number of nitrogens with zero attached hydrogens (tertiary/aromatic N) is 1. The number of aromatic nitrogens is 1. The predicted octanol–water partition coefficient (Wildman–Crippen LogP) is 3.50. The summed E-state index contributed by atoms with van der Waals surface area (Å²) in [4.78, 5) is 3.90. The van der Waals surface area contributed by atoms with Gasteiger partial charge in [-0.25, -0.2) is 9.37 Å². The van der Waals surface area contributed by atoms with Gasteiger partial charge in [0.1, 0.15) is 0 Å². The van der Waals surface area contributed by atoms with Gasteiger partial charge in [-0.1, -0.05) is 17.7 Å². The summed E-state index contributed by atoms with van der Waals surface area (Å²) in [6, 6.07) is 6.69. The molecule has 0 aliphatic heterocycles. The first-order valence-corrected chi connectivity index (χ1v) is 6.27. The molecule has 0 spiro atoms. The van der Waals surface area contributed by atoms with Crippen LogP contribution >= 0.6 is 11.6 Å². The lowest BCUT2D eigenvalue weighted by atomic mass is 10.2. The highest BCUT2D eigenvalue weighted by molar-refractivity contribution is 6.30. The van der Waals surface area contributed by atoms with Gasteiger partial charge in [-0.15, -0.1) is 0 Å². The number of benzene rings is 1. The van der Waals surface area contributed by atoms with E-state index in [1.54, 1.807) is 20.3 Å². The number of pyridine rings is 1. The number of methoxy groups -OCH3 is 2. The van der Waals surface area contributed by atoms with E-state index in [0.29, 0.717) is 18.0 Å². The molecule has 6 heteroatoms. The zero-order chi connectivity index (χ0) is 14.5. The molecule has 4 nitrogen and oxygen atoms in total. The van der Waals surface area contributed by atoms with Crippen molar-refractivity contribution < 1.29 is 13.9 Å². The first kappa shape index (κ1) is 14.4. The predicted molar refractivity (Wildman–Crippen MR) is 76.1 cm³/mol. The van der Waals surface area contributed by atoms with Crippen molar-refractivity contribution in [1.29, 1.82) is 0 Å². The highest BCUT2D eigenvalue weighted by Crippen LogP contribution is 2.28. The molecule has 0 atom stereocenters. The van der Waals surface area contributed by atoms with Gasteiger partial charge < -0.3 is 14.8 Å². The summed E-state index contributed by atoms with van der Waals surface area (Å²) in [7, 11) is 3.14. The summed E-state index contributed by atoms with van der Waals surface area (Å²) in [6.45, 7) is 0.409. The second kappa shape index (κ2) is 6.43. The summed E-state index contributed by atoms with van der Waals surface area (Å²) in [5, 5.41) is 3.17. The van der Waals surface area contributed by atoms with Gasteiger partial charge in [0.05, 0.1) is 19.2 Å². The molecule has 1 aromatic heterocycles. The van der Waals surface area contributed by atoms with Gasteiger partial charge in [0.15, 0.2) is 23.1 Å². The maximum atomic E-state index is 13.6. The molecule has 0 saturated carbocycles. The average Bonchev–Trinajstić information content (AvgIpc) is 2.46. The minimum absolute atomic E-state index is 0.157. The van der Waals surface area contributed by atoms with E-state index in [2.05, 4.69) is 10.3 Å². The molecule has 0 bridgehead atoms. The summed E-state index contributed by atoms with van der Waals surface area (Å²) < 4.78 is 23.9. The van der Waals surface area contributed by atoms with E-state index in [9.17, 15) is 4.39 Å². The van der Waals surface area contributed by atoms with Crippen LogP contribution in [0.1, 0.15) is 5.56 Å². The Morgan fingerprint density at radius 2 is 1.95 bits per heavy atom. The number of hydrogen-bond acceptors (Lipinski definition) is 4. The Balaban J connectivity index is 2.10. The quantitative estimate of drug-likeness (QED) is 0.917. The first-order valence-electron chi connectivity index (χ1n) is 5.90. The van der Waals surface area contributed by atoms with Crippen LogP contribution in [0, 0.1) is 5.82 Å². The molecule has 1 heterocycles. The molecule has 0 amide bonds. The molecule has 20 heavy (non-hydrogen) atoms. The topological polar surface area (TPSA) is 43.4 Å². The van der Waals surface area contributed by atoms with E-state index in [1.807, 2.05) is 12.1 Å². The van der Waals surface area contributed by atoms with Gasteiger partial charge in [0.2, 0.25) is 0 Å². The number of nitrogens with one attached hydrogen (secondary N) is 1. The van der Waals surface area contributed by atoms with Gasteiger partial charge in [-0.05, 0) is 23.8 Å². The van der Waals surface area contributed by atoms with Gasteiger partial charge in [-0.3, -0.25) is 0 Å². The molecular weight excluding hydrogens is 283 g/mol. The van der Waals surface area contributed by atoms with Crippen molar-refractivity contribution >= 4 is 17.4 Å². The lowest BCUT2D eigenvalue weighted by Gasteiger charge is -2.11. The van der Waals surface area contributed by atoms with E-state index in [0.717, 1.165) is 5.56 Å². The minimum atomic E-state index is -0.488. The van der Waals surface area contributed by atoms with Crippen molar-refractivity contribution in [3.05, 3.63) is 46.9 Å². The van der Waals surface area contributed by atoms with Crippen LogP contribution in [0.3, 0.4) is 0 Å². The molecule has 2 aromatic rings. The van der Waals surface area contributed by atoms with Crippen molar-refractivity contribution in [2.75, 3.05) is 19.5 Å². The normalized spacial score (nSPS) is 10.2. The summed E-state index contributed by atoms with van der Waals surface area (Å²) in [5.74, 6) is 0.936. The van der Waals surface area contributed by atoms with Crippen LogP contribution in [-0.2, 0) is 6.54 Å². The molecule has 2 rings (SSSR count). The zero-order valence-electron chi connectivity index (χ0n) is 11.1. The van der Waals surface area contributed by atoms with Crippen LogP contribution in [0.4, 0.5) is 10.2 Å². The van der Waals surface area contributed by atoms with E-state index >= 15 is 0 Å². The Morgan fingerprint density at radius 3 is 2.60 bits per heavy atom. The highest BCUT2D eigenvalue weighted by atomic mass is 35.5. The van der Waals surface area contributed by atoms with E-state index in [-0.39, 0.29) is 10.8 Å². The zero-order valence-corrected chi connectivity index (χ0v) is 11.9. The average molecular weight is 297 g/mol. The van der Waals surface area contributed by atoms with Crippen LogP contribution in [0.2, 0.25) is 5.02 Å². The molecule has 0 saturated heterocycles. The molecule has 0 radical (unpaired) electrons. The lowest BCUT2D eigenvalue weighted by molar-refractivity contribution is 0.354. The molecule has 106 valence electrons. The molecular formula is C14H14ClFN2O2. The van der Waals surface area contributed by atoms with E-state index in [4.69, 9.17) is 21.1 Å². The third kappa shape index (κ3) is 3.30. The fraction of sp³-hybridized carbons (Fsp3) is 0.214. The largest absolute Gasteiger partial charge is 0.493 e. The second-order valence-corrected chi connectivity index (χ2v) is 4.46. The van der Waals surface area contributed by atoms with Crippen molar-refractivity contribution in [2.24, 2.45) is 0 Å². The molecule has 1 aromatic carbocycles. The van der Waals surface area contributed by atoms with Gasteiger partial charge in [0, 0.05) is 12.7 Å². The van der Waals surface area contributed by atoms with Crippen LogP contribution in [0.15, 0.2) is 30.5 Å². The van der Waals surface area contributed by atoms with Crippen LogP contribution < -0.4 is 14.8 Å². The molecule has 0 fully saturated rings. The van der Waals surface area contributed by atoms with Gasteiger partial charge in [-0.2, -0.15) is 0 Å². The molecule has 0 aliphatic rings. The third-order valence-corrected chi connectivity index (χ3v) is 2.92. The maximum Gasteiger partial charge on any atom is 0.166 e.